The lowest BCUT2D eigenvalue weighted by atomic mass is 9.89. The highest BCUT2D eigenvalue weighted by molar-refractivity contribution is 5.31. The smallest absolute Gasteiger partial charge is 0.0690 e. The Morgan fingerprint density at radius 3 is 2.75 bits per heavy atom. The fraction of sp³-hybridized carbons (Fsp3) is 0.600. The van der Waals surface area contributed by atoms with Crippen molar-refractivity contribution in [3.63, 3.8) is 0 Å². The predicted molar refractivity (Wildman–Crippen MR) is 67.6 cm³/mol. The lowest BCUT2D eigenvalue weighted by molar-refractivity contribution is 0.0445. The lowest BCUT2D eigenvalue weighted by Gasteiger charge is -2.23. The SMILES string of the molecule is Cc1ccc(C)c(CC2(O)CCC(C)C2)c1. The first-order chi connectivity index (χ1) is 7.48. The summed E-state index contributed by atoms with van der Waals surface area (Å²) in [6.07, 6.45) is 3.91. The molecular formula is C15H22O. The Labute approximate surface area is 98.5 Å². The standard InChI is InChI=1S/C15H22O/c1-11-4-5-13(3)14(8-11)10-15(16)7-6-12(2)9-15/h4-5,8,12,16H,6-7,9-10H2,1-3H3. The molecule has 0 amide bonds. The molecule has 2 rings (SSSR count). The van der Waals surface area contributed by atoms with E-state index < -0.39 is 5.60 Å². The molecule has 1 aromatic carbocycles. The molecule has 0 radical (unpaired) electrons. The van der Waals surface area contributed by atoms with Gasteiger partial charge in [-0.1, -0.05) is 30.7 Å². The molecule has 1 fully saturated rings. The Kier molecular flexibility index (Phi) is 3.07. The zero-order valence-electron chi connectivity index (χ0n) is 10.6. The molecule has 1 N–H and O–H groups in total. The maximum atomic E-state index is 10.5. The molecule has 0 heterocycles. The van der Waals surface area contributed by atoms with Crippen molar-refractivity contribution in [3.05, 3.63) is 34.9 Å². The number of aliphatic hydroxyl groups is 1. The summed E-state index contributed by atoms with van der Waals surface area (Å²) in [5.74, 6) is 0.676. The summed E-state index contributed by atoms with van der Waals surface area (Å²) in [5.41, 5.74) is 3.46. The maximum Gasteiger partial charge on any atom is 0.0690 e. The van der Waals surface area contributed by atoms with Gasteiger partial charge < -0.3 is 5.11 Å². The van der Waals surface area contributed by atoms with Crippen LogP contribution in [-0.4, -0.2) is 10.7 Å². The molecule has 2 atom stereocenters. The molecule has 88 valence electrons. The van der Waals surface area contributed by atoms with Gasteiger partial charge >= 0.3 is 0 Å². The van der Waals surface area contributed by atoms with Crippen LogP contribution in [0.2, 0.25) is 0 Å². The van der Waals surface area contributed by atoms with E-state index in [2.05, 4.69) is 39.0 Å². The van der Waals surface area contributed by atoms with E-state index in [-0.39, 0.29) is 0 Å². The van der Waals surface area contributed by atoms with Gasteiger partial charge in [-0.05, 0) is 50.2 Å². The second-order valence-electron chi connectivity index (χ2n) is 5.68. The van der Waals surface area contributed by atoms with E-state index in [0.717, 1.165) is 19.3 Å². The highest BCUT2D eigenvalue weighted by atomic mass is 16.3. The van der Waals surface area contributed by atoms with E-state index in [9.17, 15) is 5.11 Å². The number of aryl methyl sites for hydroxylation is 2. The Morgan fingerprint density at radius 1 is 1.38 bits per heavy atom. The second kappa shape index (κ2) is 4.21. The van der Waals surface area contributed by atoms with E-state index in [0.29, 0.717) is 5.92 Å². The topological polar surface area (TPSA) is 20.2 Å². The fourth-order valence-corrected chi connectivity index (χ4v) is 2.87. The molecule has 1 saturated carbocycles. The second-order valence-corrected chi connectivity index (χ2v) is 5.68. The van der Waals surface area contributed by atoms with E-state index >= 15 is 0 Å². The van der Waals surface area contributed by atoms with Gasteiger partial charge in [-0.2, -0.15) is 0 Å². The Bertz CT molecular complexity index is 383. The number of hydrogen-bond donors (Lipinski definition) is 1. The minimum absolute atomic E-state index is 0.446. The van der Waals surface area contributed by atoms with Crippen LogP contribution in [0.5, 0.6) is 0 Å². The average Bonchev–Trinajstić information content (AvgIpc) is 2.52. The largest absolute Gasteiger partial charge is 0.390 e. The van der Waals surface area contributed by atoms with Gasteiger partial charge in [0, 0.05) is 6.42 Å². The summed E-state index contributed by atoms with van der Waals surface area (Å²) in [6.45, 7) is 6.49. The first kappa shape index (κ1) is 11.7. The molecule has 0 bridgehead atoms. The lowest BCUT2D eigenvalue weighted by Crippen LogP contribution is -2.28. The molecule has 1 aromatic rings. The van der Waals surface area contributed by atoms with Crippen molar-refractivity contribution in [1.29, 1.82) is 0 Å². The van der Waals surface area contributed by atoms with Crippen LogP contribution in [0.15, 0.2) is 18.2 Å². The Hall–Kier alpha value is -0.820. The van der Waals surface area contributed by atoms with Crippen molar-refractivity contribution in [3.8, 4) is 0 Å². The van der Waals surface area contributed by atoms with E-state index in [1.807, 2.05) is 0 Å². The molecule has 16 heavy (non-hydrogen) atoms. The van der Waals surface area contributed by atoms with Crippen molar-refractivity contribution in [1.82, 2.24) is 0 Å². The van der Waals surface area contributed by atoms with Crippen LogP contribution in [0, 0.1) is 19.8 Å². The zero-order valence-corrected chi connectivity index (χ0v) is 10.6. The van der Waals surface area contributed by atoms with Crippen molar-refractivity contribution in [2.75, 3.05) is 0 Å². The fourth-order valence-electron chi connectivity index (χ4n) is 2.87. The van der Waals surface area contributed by atoms with Gasteiger partial charge in [-0.15, -0.1) is 0 Å². The normalized spacial score (nSPS) is 29.6. The zero-order chi connectivity index (χ0) is 11.8. The van der Waals surface area contributed by atoms with Gasteiger partial charge in [0.05, 0.1) is 5.60 Å². The van der Waals surface area contributed by atoms with Crippen LogP contribution in [0.4, 0.5) is 0 Å². The summed E-state index contributed by atoms with van der Waals surface area (Å²) in [5, 5.41) is 10.5. The van der Waals surface area contributed by atoms with Crippen LogP contribution >= 0.6 is 0 Å². The van der Waals surface area contributed by atoms with Crippen LogP contribution in [0.3, 0.4) is 0 Å². The van der Waals surface area contributed by atoms with Gasteiger partial charge in [0.1, 0.15) is 0 Å². The first-order valence-electron chi connectivity index (χ1n) is 6.27. The molecule has 1 nitrogen and oxygen atoms in total. The molecule has 0 spiro atoms. The van der Waals surface area contributed by atoms with Gasteiger partial charge in [0.25, 0.3) is 0 Å². The minimum Gasteiger partial charge on any atom is -0.390 e. The molecular weight excluding hydrogens is 196 g/mol. The molecule has 0 aromatic heterocycles. The van der Waals surface area contributed by atoms with Gasteiger partial charge in [0.2, 0.25) is 0 Å². The van der Waals surface area contributed by atoms with Gasteiger partial charge in [-0.3, -0.25) is 0 Å². The van der Waals surface area contributed by atoms with Crippen molar-refractivity contribution >= 4 is 0 Å². The third-order valence-corrected chi connectivity index (χ3v) is 3.86. The highest BCUT2D eigenvalue weighted by Crippen LogP contribution is 2.37. The molecule has 1 aliphatic carbocycles. The van der Waals surface area contributed by atoms with Crippen LogP contribution in [0.25, 0.3) is 0 Å². The quantitative estimate of drug-likeness (QED) is 0.806. The molecule has 1 heteroatoms. The van der Waals surface area contributed by atoms with Crippen LogP contribution in [0.1, 0.15) is 42.9 Å². The minimum atomic E-state index is -0.446. The van der Waals surface area contributed by atoms with Gasteiger partial charge in [0.15, 0.2) is 0 Å². The number of rotatable bonds is 2. The summed E-state index contributed by atoms with van der Waals surface area (Å²) < 4.78 is 0. The van der Waals surface area contributed by atoms with E-state index in [1.54, 1.807) is 0 Å². The predicted octanol–water partition coefficient (Wildman–Crippen LogP) is 3.40. The highest BCUT2D eigenvalue weighted by Gasteiger charge is 2.35. The summed E-state index contributed by atoms with van der Waals surface area (Å²) in [7, 11) is 0. The molecule has 0 aliphatic heterocycles. The van der Waals surface area contributed by atoms with E-state index in [4.69, 9.17) is 0 Å². The molecule has 2 unspecified atom stereocenters. The Balaban J connectivity index is 2.17. The number of benzene rings is 1. The van der Waals surface area contributed by atoms with Crippen molar-refractivity contribution in [2.45, 2.75) is 52.1 Å². The van der Waals surface area contributed by atoms with Crippen LogP contribution in [-0.2, 0) is 6.42 Å². The third kappa shape index (κ3) is 2.46. The Morgan fingerprint density at radius 2 is 2.12 bits per heavy atom. The molecule has 0 saturated heterocycles. The van der Waals surface area contributed by atoms with Gasteiger partial charge in [-0.25, -0.2) is 0 Å². The van der Waals surface area contributed by atoms with Crippen LogP contribution < -0.4 is 0 Å². The van der Waals surface area contributed by atoms with E-state index in [1.165, 1.54) is 23.1 Å². The summed E-state index contributed by atoms with van der Waals surface area (Å²) in [6, 6.07) is 6.52. The monoisotopic (exact) mass is 218 g/mol. The number of hydrogen-bond acceptors (Lipinski definition) is 1. The summed E-state index contributed by atoms with van der Waals surface area (Å²) in [4.78, 5) is 0. The van der Waals surface area contributed by atoms with Crippen molar-refractivity contribution < 1.29 is 5.11 Å². The average molecular weight is 218 g/mol. The molecule has 1 aliphatic rings. The van der Waals surface area contributed by atoms with Crippen molar-refractivity contribution in [2.24, 2.45) is 5.92 Å². The maximum absolute atomic E-state index is 10.5. The third-order valence-electron chi connectivity index (χ3n) is 3.86. The first-order valence-corrected chi connectivity index (χ1v) is 6.27. The summed E-state index contributed by atoms with van der Waals surface area (Å²) >= 11 is 0.